The predicted octanol–water partition coefficient (Wildman–Crippen LogP) is 7.11. The summed E-state index contributed by atoms with van der Waals surface area (Å²) in [7, 11) is 2.06. The summed E-state index contributed by atoms with van der Waals surface area (Å²) in [6, 6.07) is 19.9. The van der Waals surface area contributed by atoms with Gasteiger partial charge in [0.1, 0.15) is 5.82 Å². The highest BCUT2D eigenvalue weighted by Crippen LogP contribution is 2.35. The highest BCUT2D eigenvalue weighted by Gasteiger charge is 2.12. The maximum Gasteiger partial charge on any atom is 0.106 e. The molecule has 2 nitrogen and oxygen atoms in total. The van der Waals surface area contributed by atoms with Gasteiger partial charge < -0.3 is 10.2 Å². The first-order valence-corrected chi connectivity index (χ1v) is 10.3. The average molecular weight is 393 g/mol. The van der Waals surface area contributed by atoms with E-state index in [-0.39, 0.29) is 0 Å². The van der Waals surface area contributed by atoms with Crippen LogP contribution in [0, 0.1) is 0 Å². The number of nitrogens with one attached hydrogen (secondary N) is 1. The molecule has 0 radical (unpaired) electrons. The van der Waals surface area contributed by atoms with Crippen LogP contribution in [0.5, 0.6) is 0 Å². The largest absolute Gasteiger partial charge is 0.367 e. The van der Waals surface area contributed by atoms with Crippen LogP contribution < -0.4 is 5.32 Å². The van der Waals surface area contributed by atoms with Gasteiger partial charge in [0.15, 0.2) is 0 Å². The van der Waals surface area contributed by atoms with E-state index < -0.39 is 0 Å². The summed E-state index contributed by atoms with van der Waals surface area (Å²) in [5.41, 5.74) is 3.40. The van der Waals surface area contributed by atoms with Gasteiger partial charge in [-0.2, -0.15) is 0 Å². The summed E-state index contributed by atoms with van der Waals surface area (Å²) in [6.07, 6.45) is 5.89. The van der Waals surface area contributed by atoms with Gasteiger partial charge in [0.05, 0.1) is 0 Å². The van der Waals surface area contributed by atoms with E-state index in [1.165, 1.54) is 37.9 Å². The van der Waals surface area contributed by atoms with Crippen molar-refractivity contribution in [2.75, 3.05) is 7.05 Å². The minimum absolute atomic E-state index is 0.735. The first-order chi connectivity index (χ1) is 14.5. The van der Waals surface area contributed by atoms with Crippen LogP contribution in [-0.2, 0) is 6.54 Å². The standard InChI is InChI=1S/C28H28N2/c1-6-8-20(4)30(5)26(17-19(2)3)29-18-24-14-13-23-12-11-21-9-7-10-22-15-16-25(24)28(23)27(21)22/h6-17,29H,1-2,18H2,3-5H3/b20-8-,26-17-. The van der Waals surface area contributed by atoms with Gasteiger partial charge in [0.2, 0.25) is 0 Å². The average Bonchev–Trinajstić information content (AvgIpc) is 2.74. The Hall–Kier alpha value is -3.52. The van der Waals surface area contributed by atoms with Gasteiger partial charge >= 0.3 is 0 Å². The highest BCUT2D eigenvalue weighted by molar-refractivity contribution is 6.23. The lowest BCUT2D eigenvalue weighted by atomic mass is 9.92. The Labute approximate surface area is 178 Å². The van der Waals surface area contributed by atoms with E-state index in [9.17, 15) is 0 Å². The molecule has 0 saturated carbocycles. The number of rotatable bonds is 7. The molecule has 4 aromatic rings. The van der Waals surface area contributed by atoms with Crippen LogP contribution in [0.25, 0.3) is 32.3 Å². The van der Waals surface area contributed by atoms with Crippen LogP contribution in [0.4, 0.5) is 0 Å². The monoisotopic (exact) mass is 392 g/mol. The molecule has 0 bridgehead atoms. The van der Waals surface area contributed by atoms with Crippen LogP contribution in [0.15, 0.2) is 103 Å². The highest BCUT2D eigenvalue weighted by atomic mass is 15.2. The molecule has 0 atom stereocenters. The lowest BCUT2D eigenvalue weighted by molar-refractivity contribution is 0.467. The Morgan fingerprint density at radius 2 is 1.57 bits per heavy atom. The first-order valence-electron chi connectivity index (χ1n) is 10.3. The van der Waals surface area contributed by atoms with Crippen molar-refractivity contribution in [3.05, 3.63) is 109 Å². The van der Waals surface area contributed by atoms with Crippen molar-refractivity contribution in [2.24, 2.45) is 0 Å². The molecule has 0 aromatic heterocycles. The third-order valence-electron chi connectivity index (χ3n) is 5.71. The summed E-state index contributed by atoms with van der Waals surface area (Å²) in [4.78, 5) is 2.13. The SMILES string of the molecule is C=C/C=C(/C)N(C)/C(=C\C(=C)C)NCc1ccc2ccc3cccc4ccc1c2c34. The van der Waals surface area contributed by atoms with Gasteiger partial charge in [0, 0.05) is 19.3 Å². The van der Waals surface area contributed by atoms with Crippen molar-refractivity contribution in [2.45, 2.75) is 20.4 Å². The summed E-state index contributed by atoms with van der Waals surface area (Å²) in [6.45, 7) is 12.7. The normalized spacial score (nSPS) is 12.6. The molecule has 0 spiro atoms. The maximum atomic E-state index is 4.06. The van der Waals surface area contributed by atoms with Crippen molar-refractivity contribution in [1.82, 2.24) is 10.2 Å². The van der Waals surface area contributed by atoms with Gasteiger partial charge in [-0.15, -0.1) is 0 Å². The van der Waals surface area contributed by atoms with Crippen LogP contribution >= 0.6 is 0 Å². The Kier molecular flexibility index (Phi) is 5.33. The third-order valence-corrected chi connectivity index (χ3v) is 5.71. The van der Waals surface area contributed by atoms with E-state index >= 15 is 0 Å². The van der Waals surface area contributed by atoms with Gasteiger partial charge in [-0.3, -0.25) is 0 Å². The molecule has 0 aliphatic carbocycles. The quantitative estimate of drug-likeness (QED) is 0.266. The topological polar surface area (TPSA) is 15.3 Å². The number of allylic oxidation sites excluding steroid dienone is 5. The van der Waals surface area contributed by atoms with E-state index in [4.69, 9.17) is 0 Å². The molecule has 0 heterocycles. The van der Waals surface area contributed by atoms with Crippen LogP contribution in [-0.4, -0.2) is 11.9 Å². The Bertz CT molecular complexity index is 1290. The lowest BCUT2D eigenvalue weighted by Crippen LogP contribution is -2.27. The third kappa shape index (κ3) is 3.57. The number of benzene rings is 4. The minimum atomic E-state index is 0.735. The van der Waals surface area contributed by atoms with E-state index in [1.807, 2.05) is 19.1 Å². The molecular weight excluding hydrogens is 364 g/mol. The van der Waals surface area contributed by atoms with Gasteiger partial charge in [0.25, 0.3) is 0 Å². The second-order valence-corrected chi connectivity index (χ2v) is 7.91. The second-order valence-electron chi connectivity index (χ2n) is 7.91. The van der Waals surface area contributed by atoms with E-state index in [0.29, 0.717) is 0 Å². The van der Waals surface area contributed by atoms with Gasteiger partial charge in [-0.05, 0) is 63.9 Å². The van der Waals surface area contributed by atoms with Crippen molar-refractivity contribution >= 4 is 32.3 Å². The smallest absolute Gasteiger partial charge is 0.106 e. The van der Waals surface area contributed by atoms with Gasteiger partial charge in [-0.25, -0.2) is 0 Å². The molecule has 0 unspecified atom stereocenters. The number of hydrogen-bond donors (Lipinski definition) is 1. The molecule has 0 aliphatic heterocycles. The second kappa shape index (κ2) is 8.08. The molecule has 0 amide bonds. The zero-order chi connectivity index (χ0) is 21.3. The molecule has 2 heteroatoms. The summed E-state index contributed by atoms with van der Waals surface area (Å²) >= 11 is 0. The van der Waals surface area contributed by atoms with Crippen molar-refractivity contribution in [3.8, 4) is 0 Å². The molecule has 4 rings (SSSR count). The molecule has 150 valence electrons. The minimum Gasteiger partial charge on any atom is -0.367 e. The van der Waals surface area contributed by atoms with Crippen LogP contribution in [0.2, 0.25) is 0 Å². The fraction of sp³-hybridized carbons (Fsp3) is 0.143. The molecule has 0 saturated heterocycles. The molecule has 1 N–H and O–H groups in total. The first kappa shape index (κ1) is 19.8. The molecular formula is C28H28N2. The lowest BCUT2D eigenvalue weighted by Gasteiger charge is -2.25. The van der Waals surface area contributed by atoms with E-state index in [2.05, 4.69) is 98.0 Å². The summed E-state index contributed by atoms with van der Waals surface area (Å²) < 4.78 is 0. The zero-order valence-electron chi connectivity index (χ0n) is 18.0. The fourth-order valence-electron chi connectivity index (χ4n) is 4.11. The van der Waals surface area contributed by atoms with Crippen molar-refractivity contribution in [3.63, 3.8) is 0 Å². The number of hydrogen-bond acceptors (Lipinski definition) is 2. The number of nitrogens with zero attached hydrogens (tertiary/aromatic N) is 1. The maximum absolute atomic E-state index is 4.06. The Morgan fingerprint density at radius 3 is 2.23 bits per heavy atom. The van der Waals surface area contributed by atoms with E-state index in [1.54, 1.807) is 0 Å². The molecule has 30 heavy (non-hydrogen) atoms. The van der Waals surface area contributed by atoms with Gasteiger partial charge in [-0.1, -0.05) is 79.4 Å². The summed E-state index contributed by atoms with van der Waals surface area (Å²) in [5, 5.41) is 11.5. The van der Waals surface area contributed by atoms with E-state index in [0.717, 1.165) is 23.6 Å². The van der Waals surface area contributed by atoms with Crippen LogP contribution in [0.3, 0.4) is 0 Å². The zero-order valence-corrected chi connectivity index (χ0v) is 18.0. The molecule has 0 aliphatic rings. The van der Waals surface area contributed by atoms with Crippen molar-refractivity contribution in [1.29, 1.82) is 0 Å². The predicted molar refractivity (Wildman–Crippen MR) is 132 cm³/mol. The Morgan fingerprint density at radius 1 is 0.933 bits per heavy atom. The van der Waals surface area contributed by atoms with Crippen molar-refractivity contribution < 1.29 is 0 Å². The molecule has 0 fully saturated rings. The Balaban J connectivity index is 1.75. The summed E-state index contributed by atoms with van der Waals surface area (Å²) in [5.74, 6) is 1.02. The van der Waals surface area contributed by atoms with Crippen LogP contribution in [0.1, 0.15) is 19.4 Å². The fourth-order valence-corrected chi connectivity index (χ4v) is 4.11. The molecule has 4 aromatic carbocycles.